The first kappa shape index (κ1) is 14.3. The van der Waals surface area contributed by atoms with Crippen molar-refractivity contribution in [3.8, 4) is 0 Å². The van der Waals surface area contributed by atoms with Crippen molar-refractivity contribution in [1.29, 1.82) is 0 Å². The molecule has 2 amide bonds. The summed E-state index contributed by atoms with van der Waals surface area (Å²) in [6.45, 7) is 0.151. The minimum Gasteiger partial charge on any atom is -0.427 e. The summed E-state index contributed by atoms with van der Waals surface area (Å²) < 4.78 is 5.34. The zero-order valence-electron chi connectivity index (χ0n) is 12.6. The Hall–Kier alpha value is -3.28. The molecule has 2 heterocycles. The average molecular weight is 319 g/mol. The third-order valence-electron chi connectivity index (χ3n) is 4.12. The molecule has 1 atom stereocenters. The van der Waals surface area contributed by atoms with Crippen LogP contribution in [-0.2, 0) is 0 Å². The largest absolute Gasteiger partial charge is 0.427 e. The Labute approximate surface area is 137 Å². The van der Waals surface area contributed by atoms with E-state index < -0.39 is 0 Å². The first-order valence-corrected chi connectivity index (χ1v) is 7.52. The smallest absolute Gasteiger partial charge is 0.261 e. The number of rotatable bonds is 4. The van der Waals surface area contributed by atoms with E-state index in [1.807, 2.05) is 30.3 Å². The van der Waals surface area contributed by atoms with Crippen molar-refractivity contribution in [3.63, 3.8) is 0 Å². The van der Waals surface area contributed by atoms with Crippen LogP contribution in [0.15, 0.2) is 65.4 Å². The molecule has 6 nitrogen and oxygen atoms in total. The summed E-state index contributed by atoms with van der Waals surface area (Å²) in [4.78, 5) is 26.4. The van der Waals surface area contributed by atoms with Gasteiger partial charge < -0.3 is 4.42 Å². The standard InChI is InChI=1S/C18H13N3O3/c22-17-13-8-4-5-9-14(13)18(23)21(17)10-15(16-20-19-11-24-16)12-6-2-1-3-7-12/h1-9,11,15H,10H2. The highest BCUT2D eigenvalue weighted by Gasteiger charge is 2.37. The van der Waals surface area contributed by atoms with Gasteiger partial charge in [0.05, 0.1) is 17.0 Å². The van der Waals surface area contributed by atoms with Crippen LogP contribution in [0.25, 0.3) is 0 Å². The molecule has 1 aromatic heterocycles. The molecular weight excluding hydrogens is 306 g/mol. The number of imide groups is 1. The average Bonchev–Trinajstić information content (AvgIpc) is 3.23. The van der Waals surface area contributed by atoms with Gasteiger partial charge >= 0.3 is 0 Å². The Morgan fingerprint density at radius 3 is 2.12 bits per heavy atom. The van der Waals surface area contributed by atoms with Gasteiger partial charge in [-0.05, 0) is 17.7 Å². The highest BCUT2D eigenvalue weighted by Crippen LogP contribution is 2.29. The highest BCUT2D eigenvalue weighted by atomic mass is 16.4. The fourth-order valence-corrected chi connectivity index (χ4v) is 2.93. The SMILES string of the molecule is O=C1c2ccccc2C(=O)N1CC(c1ccccc1)c1nnco1. The van der Waals surface area contributed by atoms with E-state index in [2.05, 4.69) is 10.2 Å². The number of hydrogen-bond donors (Lipinski definition) is 0. The zero-order valence-corrected chi connectivity index (χ0v) is 12.6. The molecule has 0 saturated carbocycles. The number of carbonyl (C=O) groups excluding carboxylic acids is 2. The number of fused-ring (bicyclic) bond motifs is 1. The van der Waals surface area contributed by atoms with Crippen LogP contribution in [-0.4, -0.2) is 33.5 Å². The van der Waals surface area contributed by atoms with Crippen molar-refractivity contribution in [3.05, 3.63) is 83.6 Å². The molecule has 1 unspecified atom stereocenters. The molecule has 0 aliphatic carbocycles. The lowest BCUT2D eigenvalue weighted by Gasteiger charge is -2.20. The third-order valence-corrected chi connectivity index (χ3v) is 4.12. The van der Waals surface area contributed by atoms with Gasteiger partial charge in [-0.15, -0.1) is 10.2 Å². The predicted molar refractivity (Wildman–Crippen MR) is 84.4 cm³/mol. The second kappa shape index (κ2) is 5.73. The van der Waals surface area contributed by atoms with E-state index in [9.17, 15) is 9.59 Å². The van der Waals surface area contributed by atoms with Crippen molar-refractivity contribution < 1.29 is 14.0 Å². The monoisotopic (exact) mass is 319 g/mol. The Morgan fingerprint density at radius 2 is 1.54 bits per heavy atom. The number of hydrogen-bond acceptors (Lipinski definition) is 5. The lowest BCUT2D eigenvalue weighted by Crippen LogP contribution is -2.34. The normalized spacial score (nSPS) is 14.8. The van der Waals surface area contributed by atoms with Crippen molar-refractivity contribution in [2.24, 2.45) is 0 Å². The Bertz CT molecular complexity index is 856. The zero-order chi connectivity index (χ0) is 16.5. The number of nitrogens with zero attached hydrogens (tertiary/aromatic N) is 3. The van der Waals surface area contributed by atoms with Crippen molar-refractivity contribution in [1.82, 2.24) is 15.1 Å². The minimum atomic E-state index is -0.365. The van der Waals surface area contributed by atoms with Gasteiger partial charge in [-0.25, -0.2) is 0 Å². The molecule has 4 rings (SSSR count). The van der Waals surface area contributed by atoms with Crippen molar-refractivity contribution >= 4 is 11.8 Å². The maximum absolute atomic E-state index is 12.6. The number of benzene rings is 2. The fraction of sp³-hybridized carbons (Fsp3) is 0.111. The summed E-state index contributed by atoms with van der Waals surface area (Å²) >= 11 is 0. The van der Waals surface area contributed by atoms with Gasteiger partial charge in [-0.3, -0.25) is 14.5 Å². The van der Waals surface area contributed by atoms with Crippen molar-refractivity contribution in [2.45, 2.75) is 5.92 Å². The van der Waals surface area contributed by atoms with E-state index in [1.54, 1.807) is 24.3 Å². The molecule has 118 valence electrons. The molecule has 0 radical (unpaired) electrons. The number of aromatic nitrogens is 2. The van der Waals surface area contributed by atoms with E-state index in [1.165, 1.54) is 11.3 Å². The number of carbonyl (C=O) groups is 2. The molecule has 0 fully saturated rings. The summed E-state index contributed by atoms with van der Waals surface area (Å²) in [5, 5.41) is 7.68. The van der Waals surface area contributed by atoms with Gasteiger partial charge in [0.2, 0.25) is 12.3 Å². The van der Waals surface area contributed by atoms with Crippen LogP contribution in [0.5, 0.6) is 0 Å². The molecule has 0 N–H and O–H groups in total. The molecule has 6 heteroatoms. The van der Waals surface area contributed by atoms with Gasteiger partial charge in [0.25, 0.3) is 11.8 Å². The molecule has 3 aromatic rings. The first-order chi connectivity index (χ1) is 11.8. The molecular formula is C18H13N3O3. The van der Waals surface area contributed by atoms with Crippen LogP contribution in [0, 0.1) is 0 Å². The molecule has 1 aliphatic rings. The van der Waals surface area contributed by atoms with Crippen molar-refractivity contribution in [2.75, 3.05) is 6.54 Å². The third kappa shape index (κ3) is 2.28. The molecule has 24 heavy (non-hydrogen) atoms. The maximum Gasteiger partial charge on any atom is 0.261 e. The second-order valence-electron chi connectivity index (χ2n) is 5.51. The summed E-state index contributed by atoms with van der Waals surface area (Å²) in [6, 6.07) is 16.3. The first-order valence-electron chi connectivity index (χ1n) is 7.52. The molecule has 1 aliphatic heterocycles. The van der Waals surface area contributed by atoms with E-state index in [0.29, 0.717) is 17.0 Å². The van der Waals surface area contributed by atoms with E-state index in [4.69, 9.17) is 4.42 Å². The second-order valence-corrected chi connectivity index (χ2v) is 5.51. The predicted octanol–water partition coefficient (Wildman–Crippen LogP) is 2.50. The van der Waals surface area contributed by atoms with E-state index >= 15 is 0 Å². The summed E-state index contributed by atoms with van der Waals surface area (Å²) in [6.07, 6.45) is 1.24. The van der Waals surface area contributed by atoms with Crippen LogP contribution in [0.3, 0.4) is 0 Å². The van der Waals surface area contributed by atoms with Crippen LogP contribution in [0.4, 0.5) is 0 Å². The molecule has 0 spiro atoms. The van der Waals surface area contributed by atoms with Crippen LogP contribution in [0.2, 0.25) is 0 Å². The lowest BCUT2D eigenvalue weighted by molar-refractivity contribution is 0.0646. The summed E-state index contributed by atoms with van der Waals surface area (Å²) in [7, 11) is 0. The van der Waals surface area contributed by atoms with Crippen LogP contribution in [0.1, 0.15) is 38.1 Å². The Kier molecular flexibility index (Phi) is 3.42. The maximum atomic E-state index is 12.6. The quantitative estimate of drug-likeness (QED) is 0.691. The number of amides is 2. The lowest BCUT2D eigenvalue weighted by atomic mass is 9.98. The van der Waals surface area contributed by atoms with Crippen LogP contribution < -0.4 is 0 Å². The van der Waals surface area contributed by atoms with Gasteiger partial charge in [0, 0.05) is 6.54 Å². The Morgan fingerprint density at radius 1 is 0.917 bits per heavy atom. The molecule has 0 bridgehead atoms. The fourth-order valence-electron chi connectivity index (χ4n) is 2.93. The minimum absolute atomic E-state index is 0.151. The summed E-state index contributed by atoms with van der Waals surface area (Å²) in [5.74, 6) is -0.583. The molecule has 2 aromatic carbocycles. The highest BCUT2D eigenvalue weighted by molar-refractivity contribution is 6.21. The summed E-state index contributed by atoms with van der Waals surface area (Å²) in [5.41, 5.74) is 1.76. The van der Waals surface area contributed by atoms with E-state index in [-0.39, 0.29) is 24.3 Å². The van der Waals surface area contributed by atoms with Gasteiger partial charge in [0.1, 0.15) is 0 Å². The van der Waals surface area contributed by atoms with Gasteiger partial charge in [-0.1, -0.05) is 42.5 Å². The van der Waals surface area contributed by atoms with Gasteiger partial charge in [0.15, 0.2) is 0 Å². The van der Waals surface area contributed by atoms with Gasteiger partial charge in [-0.2, -0.15) is 0 Å². The van der Waals surface area contributed by atoms with Crippen LogP contribution >= 0.6 is 0 Å². The Balaban J connectivity index is 1.70. The topological polar surface area (TPSA) is 76.3 Å². The van der Waals surface area contributed by atoms with E-state index in [0.717, 1.165) is 5.56 Å². The molecule has 0 saturated heterocycles.